The molecule has 0 fully saturated rings. The number of hydrogen-bond donors (Lipinski definition) is 1. The molecule has 0 radical (unpaired) electrons. The van der Waals surface area contributed by atoms with E-state index in [1.165, 1.54) is 11.1 Å². The van der Waals surface area contributed by atoms with Crippen LogP contribution >= 0.6 is 0 Å². The van der Waals surface area contributed by atoms with Crippen LogP contribution in [0.4, 0.5) is 0 Å². The molecule has 0 aliphatic carbocycles. The molecular weight excluding hydrogens is 412 g/mol. The standard InChI is InChI=1S/C27H32N4O2/c1-33-24-10-7-21(8-11-24)25-17-29-26-12-9-23(19-31(25)26)27(32)28-14-4-15-30-16-13-20-5-2-3-6-22(20)18-30/h2-3,5-8,10-11,17,23H,4,9,12-16,18-19H2,1H3,(H,28,32). The molecule has 33 heavy (non-hydrogen) atoms. The number of hydrogen-bond acceptors (Lipinski definition) is 4. The summed E-state index contributed by atoms with van der Waals surface area (Å²) in [7, 11) is 1.67. The van der Waals surface area contributed by atoms with Gasteiger partial charge in [0.1, 0.15) is 11.6 Å². The molecule has 6 nitrogen and oxygen atoms in total. The molecule has 1 N–H and O–H groups in total. The normalized spacial score (nSPS) is 17.8. The molecule has 1 aromatic heterocycles. The fourth-order valence-corrected chi connectivity index (χ4v) is 5.04. The minimum absolute atomic E-state index is 0.00874. The van der Waals surface area contributed by atoms with Gasteiger partial charge in [0.2, 0.25) is 5.91 Å². The number of fused-ring (bicyclic) bond motifs is 2. The fraction of sp³-hybridized carbons (Fsp3) is 0.407. The Kier molecular flexibility index (Phi) is 6.44. The Balaban J connectivity index is 1.12. The molecular formula is C27H32N4O2. The number of methoxy groups -OCH3 is 1. The van der Waals surface area contributed by atoms with Crippen LogP contribution in [0.15, 0.2) is 54.7 Å². The first kappa shape index (κ1) is 21.7. The van der Waals surface area contributed by atoms with Gasteiger partial charge in [0.05, 0.1) is 24.9 Å². The number of carbonyl (C=O) groups excluding carboxylic acids is 1. The zero-order valence-corrected chi connectivity index (χ0v) is 19.3. The van der Waals surface area contributed by atoms with E-state index in [0.717, 1.165) is 74.7 Å². The highest BCUT2D eigenvalue weighted by Crippen LogP contribution is 2.29. The number of nitrogens with one attached hydrogen (secondary N) is 1. The van der Waals surface area contributed by atoms with Crippen LogP contribution in [0, 0.1) is 5.92 Å². The number of rotatable bonds is 7. The maximum atomic E-state index is 12.9. The van der Waals surface area contributed by atoms with Crippen LogP contribution in [-0.4, -0.2) is 47.1 Å². The van der Waals surface area contributed by atoms with Crippen LogP contribution in [0.25, 0.3) is 11.3 Å². The van der Waals surface area contributed by atoms with Crippen LogP contribution in [0.5, 0.6) is 5.75 Å². The number of aromatic nitrogens is 2. The Morgan fingerprint density at radius 1 is 1.12 bits per heavy atom. The Labute approximate surface area is 195 Å². The predicted molar refractivity (Wildman–Crippen MR) is 129 cm³/mol. The lowest BCUT2D eigenvalue weighted by atomic mass is 9.97. The summed E-state index contributed by atoms with van der Waals surface area (Å²) in [5.74, 6) is 2.06. The molecule has 0 bridgehead atoms. The van der Waals surface area contributed by atoms with Crippen LogP contribution in [0.3, 0.4) is 0 Å². The monoisotopic (exact) mass is 444 g/mol. The average Bonchev–Trinajstić information content (AvgIpc) is 3.30. The summed E-state index contributed by atoms with van der Waals surface area (Å²) in [6.45, 7) is 4.56. The largest absolute Gasteiger partial charge is 0.497 e. The van der Waals surface area contributed by atoms with E-state index in [9.17, 15) is 4.79 Å². The van der Waals surface area contributed by atoms with Gasteiger partial charge < -0.3 is 14.6 Å². The molecule has 2 aliphatic heterocycles. The van der Waals surface area contributed by atoms with E-state index >= 15 is 0 Å². The van der Waals surface area contributed by atoms with E-state index in [2.05, 4.69) is 44.0 Å². The van der Waals surface area contributed by atoms with Gasteiger partial charge in [-0.05, 0) is 54.7 Å². The predicted octanol–water partition coefficient (Wildman–Crippen LogP) is 3.69. The van der Waals surface area contributed by atoms with E-state index in [0.29, 0.717) is 6.54 Å². The van der Waals surface area contributed by atoms with Crippen molar-refractivity contribution < 1.29 is 9.53 Å². The number of imidazole rings is 1. The van der Waals surface area contributed by atoms with Crippen LogP contribution < -0.4 is 10.1 Å². The minimum atomic E-state index is -0.00874. The van der Waals surface area contributed by atoms with Gasteiger partial charge in [0.25, 0.3) is 0 Å². The van der Waals surface area contributed by atoms with Gasteiger partial charge in [0.15, 0.2) is 0 Å². The molecule has 0 saturated heterocycles. The van der Waals surface area contributed by atoms with E-state index in [1.807, 2.05) is 30.5 Å². The first-order valence-electron chi connectivity index (χ1n) is 12.0. The highest BCUT2D eigenvalue weighted by Gasteiger charge is 2.27. The number of aryl methyl sites for hydroxylation is 1. The molecule has 3 aromatic rings. The first-order valence-corrected chi connectivity index (χ1v) is 12.0. The molecule has 1 atom stereocenters. The highest BCUT2D eigenvalue weighted by molar-refractivity contribution is 5.79. The van der Waals surface area contributed by atoms with E-state index < -0.39 is 0 Å². The van der Waals surface area contributed by atoms with Crippen LogP contribution in [0.2, 0.25) is 0 Å². The van der Waals surface area contributed by atoms with Crippen LogP contribution in [-0.2, 0) is 30.7 Å². The number of nitrogens with zero attached hydrogens (tertiary/aromatic N) is 3. The van der Waals surface area contributed by atoms with Crippen molar-refractivity contribution in [2.24, 2.45) is 5.92 Å². The molecule has 1 amide bonds. The molecule has 2 aliphatic rings. The number of ether oxygens (including phenoxy) is 1. The summed E-state index contributed by atoms with van der Waals surface area (Å²) < 4.78 is 7.48. The lowest BCUT2D eigenvalue weighted by Gasteiger charge is -2.29. The number of carbonyl (C=O) groups is 1. The molecule has 1 unspecified atom stereocenters. The second-order valence-corrected chi connectivity index (χ2v) is 9.07. The topological polar surface area (TPSA) is 59.4 Å². The van der Waals surface area contributed by atoms with Gasteiger partial charge in [0, 0.05) is 44.7 Å². The SMILES string of the molecule is COc1ccc(-c2cnc3n2CC(C(=O)NCCCN2CCc4ccccc4C2)CC3)cc1. The Morgan fingerprint density at radius 2 is 1.94 bits per heavy atom. The smallest absolute Gasteiger partial charge is 0.224 e. The van der Waals surface area contributed by atoms with Gasteiger partial charge in [-0.1, -0.05) is 24.3 Å². The van der Waals surface area contributed by atoms with Crippen molar-refractivity contribution in [3.8, 4) is 17.0 Å². The van der Waals surface area contributed by atoms with Crippen molar-refractivity contribution in [2.45, 2.75) is 38.8 Å². The van der Waals surface area contributed by atoms with Gasteiger partial charge >= 0.3 is 0 Å². The fourth-order valence-electron chi connectivity index (χ4n) is 5.04. The summed E-state index contributed by atoms with van der Waals surface area (Å²) in [6, 6.07) is 16.7. The molecule has 5 rings (SSSR count). The first-order chi connectivity index (χ1) is 16.2. The zero-order chi connectivity index (χ0) is 22.6. The summed E-state index contributed by atoms with van der Waals surface area (Å²) in [5, 5.41) is 3.19. The molecule has 172 valence electrons. The third-order valence-corrected chi connectivity index (χ3v) is 6.97. The second kappa shape index (κ2) is 9.79. The second-order valence-electron chi connectivity index (χ2n) is 9.07. The highest BCUT2D eigenvalue weighted by atomic mass is 16.5. The maximum Gasteiger partial charge on any atom is 0.224 e. The summed E-state index contributed by atoms with van der Waals surface area (Å²) in [6.07, 6.45) is 5.71. The Bertz CT molecular complexity index is 1110. The average molecular weight is 445 g/mol. The minimum Gasteiger partial charge on any atom is -0.497 e. The number of amides is 1. The van der Waals surface area contributed by atoms with Gasteiger partial charge in [-0.15, -0.1) is 0 Å². The zero-order valence-electron chi connectivity index (χ0n) is 19.3. The third kappa shape index (κ3) is 4.81. The molecule has 3 heterocycles. The van der Waals surface area contributed by atoms with Crippen molar-refractivity contribution in [3.63, 3.8) is 0 Å². The van der Waals surface area contributed by atoms with Crippen molar-refractivity contribution in [3.05, 3.63) is 71.7 Å². The summed E-state index contributed by atoms with van der Waals surface area (Å²) in [4.78, 5) is 20.0. The van der Waals surface area contributed by atoms with Gasteiger partial charge in [-0.2, -0.15) is 0 Å². The van der Waals surface area contributed by atoms with Gasteiger partial charge in [-0.25, -0.2) is 4.98 Å². The third-order valence-electron chi connectivity index (χ3n) is 6.97. The van der Waals surface area contributed by atoms with E-state index in [4.69, 9.17) is 4.74 Å². The maximum absolute atomic E-state index is 12.9. The van der Waals surface area contributed by atoms with E-state index in [-0.39, 0.29) is 11.8 Å². The lowest BCUT2D eigenvalue weighted by molar-refractivity contribution is -0.125. The van der Waals surface area contributed by atoms with Crippen molar-refractivity contribution in [1.29, 1.82) is 0 Å². The van der Waals surface area contributed by atoms with Crippen LogP contribution in [0.1, 0.15) is 29.8 Å². The van der Waals surface area contributed by atoms with Crippen molar-refractivity contribution in [1.82, 2.24) is 19.8 Å². The van der Waals surface area contributed by atoms with Crippen molar-refractivity contribution >= 4 is 5.91 Å². The van der Waals surface area contributed by atoms with Gasteiger partial charge in [-0.3, -0.25) is 9.69 Å². The Hall–Kier alpha value is -3.12. The van der Waals surface area contributed by atoms with E-state index in [1.54, 1.807) is 7.11 Å². The Morgan fingerprint density at radius 3 is 2.76 bits per heavy atom. The lowest BCUT2D eigenvalue weighted by Crippen LogP contribution is -2.38. The van der Waals surface area contributed by atoms with Crippen molar-refractivity contribution in [2.75, 3.05) is 26.7 Å². The molecule has 2 aromatic carbocycles. The quantitative estimate of drug-likeness (QED) is 0.565. The summed E-state index contributed by atoms with van der Waals surface area (Å²) >= 11 is 0. The molecule has 0 spiro atoms. The summed E-state index contributed by atoms with van der Waals surface area (Å²) in [5.41, 5.74) is 5.08. The molecule has 0 saturated carbocycles. The molecule has 6 heteroatoms. The number of benzene rings is 2.